The molecule has 1 amide bonds. The first-order valence-electron chi connectivity index (χ1n) is 9.20. The Hall–Kier alpha value is -3.31. The minimum absolute atomic E-state index is 0.102. The summed E-state index contributed by atoms with van der Waals surface area (Å²) >= 11 is 5.88. The van der Waals surface area contributed by atoms with Crippen molar-refractivity contribution >= 4 is 40.0 Å². The molecule has 4 rings (SSSR count). The number of nitrogens with zero attached hydrogens (tertiary/aromatic N) is 2. The molecule has 29 heavy (non-hydrogen) atoms. The van der Waals surface area contributed by atoms with E-state index in [9.17, 15) is 4.79 Å². The molecule has 1 heterocycles. The minimum atomic E-state index is -0.102. The van der Waals surface area contributed by atoms with Crippen molar-refractivity contribution in [3.8, 4) is 11.5 Å². The second kappa shape index (κ2) is 7.97. The Morgan fingerprint density at radius 3 is 2.45 bits per heavy atom. The summed E-state index contributed by atoms with van der Waals surface area (Å²) in [5.74, 6) is 0.449. The van der Waals surface area contributed by atoms with Gasteiger partial charge in [-0.25, -0.2) is 4.98 Å². The molecule has 0 atom stereocenters. The summed E-state index contributed by atoms with van der Waals surface area (Å²) in [6.45, 7) is 0. The van der Waals surface area contributed by atoms with Crippen molar-refractivity contribution in [2.45, 2.75) is 6.42 Å². The van der Waals surface area contributed by atoms with Crippen LogP contribution in [0.5, 0.6) is 0 Å². The lowest BCUT2D eigenvalue weighted by atomic mass is 10.1. The summed E-state index contributed by atoms with van der Waals surface area (Å²) < 4.78 is 5.87. The molecule has 3 aromatic carbocycles. The van der Waals surface area contributed by atoms with Gasteiger partial charge < -0.3 is 14.6 Å². The van der Waals surface area contributed by atoms with E-state index in [4.69, 9.17) is 16.0 Å². The first kappa shape index (κ1) is 19.0. The van der Waals surface area contributed by atoms with E-state index in [1.54, 1.807) is 12.1 Å². The third-order valence-corrected chi connectivity index (χ3v) is 4.83. The van der Waals surface area contributed by atoms with Gasteiger partial charge in [0.05, 0.1) is 6.42 Å². The highest BCUT2D eigenvalue weighted by Gasteiger charge is 2.11. The number of fused-ring (bicyclic) bond motifs is 1. The van der Waals surface area contributed by atoms with Crippen molar-refractivity contribution in [2.75, 3.05) is 24.3 Å². The van der Waals surface area contributed by atoms with E-state index in [0.29, 0.717) is 27.7 Å². The van der Waals surface area contributed by atoms with Gasteiger partial charge in [-0.3, -0.25) is 4.79 Å². The second-order valence-corrected chi connectivity index (χ2v) is 7.43. The van der Waals surface area contributed by atoms with Crippen LogP contribution in [0.25, 0.3) is 22.6 Å². The van der Waals surface area contributed by atoms with Gasteiger partial charge in [0.25, 0.3) is 0 Å². The predicted octanol–water partition coefficient (Wildman–Crippen LogP) is 5.40. The molecule has 4 aromatic rings. The van der Waals surface area contributed by atoms with Gasteiger partial charge in [0.2, 0.25) is 11.8 Å². The van der Waals surface area contributed by atoms with Crippen molar-refractivity contribution in [2.24, 2.45) is 0 Å². The van der Waals surface area contributed by atoms with Gasteiger partial charge >= 0.3 is 0 Å². The van der Waals surface area contributed by atoms with Crippen LogP contribution in [0.1, 0.15) is 5.56 Å². The Morgan fingerprint density at radius 2 is 1.76 bits per heavy atom. The summed E-state index contributed by atoms with van der Waals surface area (Å²) in [6.07, 6.45) is 0.275. The summed E-state index contributed by atoms with van der Waals surface area (Å²) in [7, 11) is 3.99. The molecule has 0 unspecified atom stereocenters. The highest BCUT2D eigenvalue weighted by Crippen LogP contribution is 2.27. The molecule has 0 aliphatic rings. The average molecular weight is 406 g/mol. The van der Waals surface area contributed by atoms with E-state index in [-0.39, 0.29) is 12.3 Å². The number of carbonyl (C=O) groups excluding carboxylic acids is 1. The van der Waals surface area contributed by atoms with Gasteiger partial charge in [0.1, 0.15) is 5.52 Å². The molecule has 0 aliphatic heterocycles. The maximum absolute atomic E-state index is 12.3. The molecule has 0 spiro atoms. The Balaban J connectivity index is 1.50. The number of halogens is 1. The number of aromatic nitrogens is 1. The summed E-state index contributed by atoms with van der Waals surface area (Å²) in [5, 5.41) is 3.56. The van der Waals surface area contributed by atoms with Crippen LogP contribution < -0.4 is 10.2 Å². The molecular weight excluding hydrogens is 386 g/mol. The van der Waals surface area contributed by atoms with Crippen molar-refractivity contribution in [3.05, 3.63) is 77.3 Å². The monoisotopic (exact) mass is 405 g/mol. The topological polar surface area (TPSA) is 58.4 Å². The van der Waals surface area contributed by atoms with Crippen LogP contribution in [0.2, 0.25) is 5.02 Å². The van der Waals surface area contributed by atoms with Gasteiger partial charge in [0.15, 0.2) is 5.58 Å². The van der Waals surface area contributed by atoms with Crippen LogP contribution >= 0.6 is 11.6 Å². The maximum Gasteiger partial charge on any atom is 0.228 e. The van der Waals surface area contributed by atoms with Gasteiger partial charge in [-0.1, -0.05) is 23.7 Å². The molecule has 146 valence electrons. The van der Waals surface area contributed by atoms with E-state index in [1.165, 1.54) is 0 Å². The SMILES string of the molecule is CN(C)c1ccc(-c2nc3cc(NC(=O)Cc4ccc(Cl)cc4)ccc3o2)cc1. The quantitative estimate of drug-likeness (QED) is 0.483. The van der Waals surface area contributed by atoms with E-state index in [2.05, 4.69) is 10.3 Å². The van der Waals surface area contributed by atoms with Gasteiger partial charge in [0, 0.05) is 36.1 Å². The standard InChI is InChI=1S/C23H20ClN3O2/c1-27(2)19-10-5-16(6-11-19)23-26-20-14-18(9-12-21(20)29-23)25-22(28)13-15-3-7-17(24)8-4-15/h3-12,14H,13H2,1-2H3,(H,25,28). The van der Waals surface area contributed by atoms with Crippen LogP contribution in [-0.2, 0) is 11.2 Å². The van der Waals surface area contributed by atoms with Crippen molar-refractivity contribution in [1.29, 1.82) is 0 Å². The molecule has 6 heteroatoms. The minimum Gasteiger partial charge on any atom is -0.436 e. The normalized spacial score (nSPS) is 10.9. The molecule has 1 N–H and O–H groups in total. The fraction of sp³-hybridized carbons (Fsp3) is 0.130. The van der Waals surface area contributed by atoms with E-state index < -0.39 is 0 Å². The van der Waals surface area contributed by atoms with E-state index in [1.807, 2.05) is 73.6 Å². The highest BCUT2D eigenvalue weighted by molar-refractivity contribution is 6.30. The molecule has 0 aliphatic carbocycles. The van der Waals surface area contributed by atoms with Gasteiger partial charge in [-0.05, 0) is 60.2 Å². The third-order valence-electron chi connectivity index (χ3n) is 4.58. The van der Waals surface area contributed by atoms with Gasteiger partial charge in [-0.15, -0.1) is 0 Å². The van der Waals surface area contributed by atoms with E-state index in [0.717, 1.165) is 16.8 Å². The zero-order valence-corrected chi connectivity index (χ0v) is 16.9. The number of carbonyl (C=O) groups is 1. The fourth-order valence-corrected chi connectivity index (χ4v) is 3.15. The number of anilines is 2. The Kier molecular flexibility index (Phi) is 5.23. The fourth-order valence-electron chi connectivity index (χ4n) is 3.02. The highest BCUT2D eigenvalue weighted by atomic mass is 35.5. The lowest BCUT2D eigenvalue weighted by Crippen LogP contribution is -2.14. The Bertz CT molecular complexity index is 1150. The molecule has 0 fully saturated rings. The Labute approximate surface area is 173 Å². The lowest BCUT2D eigenvalue weighted by Gasteiger charge is -2.11. The number of oxazole rings is 1. The van der Waals surface area contributed by atoms with Gasteiger partial charge in [-0.2, -0.15) is 0 Å². The molecule has 0 saturated heterocycles. The van der Waals surface area contributed by atoms with Crippen LogP contribution in [0.3, 0.4) is 0 Å². The number of benzene rings is 3. The van der Waals surface area contributed by atoms with E-state index >= 15 is 0 Å². The van der Waals surface area contributed by atoms with Crippen LogP contribution in [0.15, 0.2) is 71.1 Å². The van der Waals surface area contributed by atoms with Crippen molar-refractivity contribution in [3.63, 3.8) is 0 Å². The van der Waals surface area contributed by atoms with Crippen molar-refractivity contribution < 1.29 is 9.21 Å². The first-order valence-corrected chi connectivity index (χ1v) is 9.58. The number of hydrogen-bond acceptors (Lipinski definition) is 4. The van der Waals surface area contributed by atoms with Crippen LogP contribution in [0.4, 0.5) is 11.4 Å². The number of amides is 1. The number of rotatable bonds is 5. The second-order valence-electron chi connectivity index (χ2n) is 6.99. The zero-order chi connectivity index (χ0) is 20.4. The molecule has 1 aromatic heterocycles. The van der Waals surface area contributed by atoms with Crippen LogP contribution in [-0.4, -0.2) is 25.0 Å². The zero-order valence-electron chi connectivity index (χ0n) is 16.1. The maximum atomic E-state index is 12.3. The summed E-state index contributed by atoms with van der Waals surface area (Å²) in [4.78, 5) is 18.9. The molecule has 0 radical (unpaired) electrons. The number of hydrogen-bond donors (Lipinski definition) is 1. The largest absolute Gasteiger partial charge is 0.436 e. The summed E-state index contributed by atoms with van der Waals surface area (Å²) in [6, 6.07) is 20.7. The number of nitrogens with one attached hydrogen (secondary N) is 1. The smallest absolute Gasteiger partial charge is 0.228 e. The van der Waals surface area contributed by atoms with Crippen LogP contribution in [0, 0.1) is 0 Å². The lowest BCUT2D eigenvalue weighted by molar-refractivity contribution is -0.115. The average Bonchev–Trinajstić information content (AvgIpc) is 3.13. The summed E-state index contributed by atoms with van der Waals surface area (Å²) in [5.41, 5.74) is 4.96. The molecule has 0 bridgehead atoms. The predicted molar refractivity (Wildman–Crippen MR) is 118 cm³/mol. The third kappa shape index (κ3) is 4.41. The molecule has 0 saturated carbocycles. The molecular formula is C23H20ClN3O2. The Morgan fingerprint density at radius 1 is 1.03 bits per heavy atom. The van der Waals surface area contributed by atoms with Crippen molar-refractivity contribution in [1.82, 2.24) is 4.98 Å². The molecule has 5 nitrogen and oxygen atoms in total. The first-order chi connectivity index (χ1) is 14.0.